The Morgan fingerprint density at radius 3 is 2.26 bits per heavy atom. The summed E-state index contributed by atoms with van der Waals surface area (Å²) in [5.41, 5.74) is 3.20. The zero-order valence-electron chi connectivity index (χ0n) is 24.8. The minimum atomic E-state index is -4.22. The number of Topliss-reactive ketones (excluding diaryl/α,β-unsaturated/α-hetero) is 2. The van der Waals surface area contributed by atoms with Gasteiger partial charge >= 0.3 is 0 Å². The van der Waals surface area contributed by atoms with Crippen molar-refractivity contribution in [2.24, 2.45) is 17.6 Å². The first-order chi connectivity index (χ1) is 21.7. The van der Waals surface area contributed by atoms with E-state index < -0.39 is 74.2 Å². The van der Waals surface area contributed by atoms with E-state index >= 15 is 0 Å². The molecule has 0 heterocycles. The van der Waals surface area contributed by atoms with Crippen LogP contribution in [0.4, 0.5) is 11.4 Å². The van der Waals surface area contributed by atoms with Crippen LogP contribution >= 0.6 is 0 Å². The molecule has 0 aliphatic heterocycles. The molecule has 238 valence electrons. The van der Waals surface area contributed by atoms with E-state index in [0.717, 1.165) is 5.69 Å². The van der Waals surface area contributed by atoms with Gasteiger partial charge in [0.1, 0.15) is 17.1 Å². The standard InChI is InChI=1S/C33H31N3O9S/c1-36(2)19-10-8-16(9-11-19)21-15-23(35-46(44,45)20-6-4-3-5-7-20)28(38)26-22(21)13-17-12-18-14-24(37)27(32(34)42)31(41)33(18,43)30(40)25(17)29(26)39/h3-11,15,17-18,35,38-39,41,43H,12-14H2,1-2H3,(H2,34,42)/t17-,18+,33+/m1/s1. The predicted octanol–water partition coefficient (Wildman–Crippen LogP) is 2.96. The van der Waals surface area contributed by atoms with Gasteiger partial charge in [0.2, 0.25) is 5.78 Å². The lowest BCUT2D eigenvalue weighted by molar-refractivity contribution is -0.147. The normalized spacial score (nSPS) is 22.6. The van der Waals surface area contributed by atoms with Crippen LogP contribution in [-0.2, 0) is 30.8 Å². The van der Waals surface area contributed by atoms with Crippen molar-refractivity contribution in [3.63, 3.8) is 0 Å². The Kier molecular flexibility index (Phi) is 7.21. The summed E-state index contributed by atoms with van der Waals surface area (Å²) in [5, 5.41) is 45.6. The number of aliphatic hydroxyl groups is 3. The second kappa shape index (κ2) is 10.7. The lowest BCUT2D eigenvalue weighted by atomic mass is 9.59. The molecular formula is C33H31N3O9S. The third kappa shape index (κ3) is 4.62. The fraction of sp³-hybridized carbons (Fsp3) is 0.242. The summed E-state index contributed by atoms with van der Waals surface area (Å²) in [6.45, 7) is 0. The maximum atomic E-state index is 14.0. The SMILES string of the molecule is CN(C)c1ccc(-c2cc(NS(=O)(=O)c3ccccc3)c(O)c3c2C[C@H]2C[C@H]4CC(=O)C(C(N)=O)=C(O)[C@@]4(O)C(=O)C2=C3O)cc1. The van der Waals surface area contributed by atoms with Gasteiger partial charge in [-0.2, -0.15) is 0 Å². The maximum absolute atomic E-state index is 14.0. The van der Waals surface area contributed by atoms with E-state index in [0.29, 0.717) is 16.7 Å². The van der Waals surface area contributed by atoms with Gasteiger partial charge < -0.3 is 31.1 Å². The number of primary amides is 1. The van der Waals surface area contributed by atoms with Crippen LogP contribution in [0.1, 0.15) is 24.0 Å². The summed E-state index contributed by atoms with van der Waals surface area (Å²) >= 11 is 0. The number of ketones is 2. The van der Waals surface area contributed by atoms with Gasteiger partial charge in [-0.3, -0.25) is 19.1 Å². The average Bonchev–Trinajstić information content (AvgIpc) is 3.00. The fourth-order valence-electron chi connectivity index (χ4n) is 6.77. The number of nitrogens with one attached hydrogen (secondary N) is 1. The molecule has 3 aromatic rings. The molecular weight excluding hydrogens is 614 g/mol. The number of nitrogens with zero attached hydrogens (tertiary/aromatic N) is 1. The lowest BCUT2D eigenvalue weighted by Gasteiger charge is -2.46. The largest absolute Gasteiger partial charge is 0.508 e. The Hall–Kier alpha value is -5.14. The van der Waals surface area contributed by atoms with Gasteiger partial charge in [-0.15, -0.1) is 0 Å². The van der Waals surface area contributed by atoms with Crippen LogP contribution in [0.3, 0.4) is 0 Å². The minimum Gasteiger partial charge on any atom is -0.508 e. The number of carbonyl (C=O) groups is 3. The first kappa shape index (κ1) is 30.9. The second-order valence-corrected chi connectivity index (χ2v) is 13.6. The molecule has 1 amide bonds. The molecule has 0 saturated heterocycles. The van der Waals surface area contributed by atoms with Crippen molar-refractivity contribution in [2.75, 3.05) is 23.7 Å². The zero-order chi connectivity index (χ0) is 33.3. The summed E-state index contributed by atoms with van der Waals surface area (Å²) in [5.74, 6) is -7.70. The van der Waals surface area contributed by atoms with Gasteiger partial charge in [-0.1, -0.05) is 30.3 Å². The fourth-order valence-corrected chi connectivity index (χ4v) is 7.85. The highest BCUT2D eigenvalue weighted by atomic mass is 32.2. The number of amides is 1. The Balaban J connectivity index is 1.57. The molecule has 3 aliphatic rings. The third-order valence-corrected chi connectivity index (χ3v) is 10.4. The van der Waals surface area contributed by atoms with Gasteiger partial charge in [0.15, 0.2) is 17.1 Å². The molecule has 46 heavy (non-hydrogen) atoms. The lowest BCUT2D eigenvalue weighted by Crippen LogP contribution is -2.58. The first-order valence-electron chi connectivity index (χ1n) is 14.4. The molecule has 1 saturated carbocycles. The number of carbonyl (C=O) groups excluding carboxylic acids is 3. The monoisotopic (exact) mass is 645 g/mol. The molecule has 0 radical (unpaired) electrons. The number of rotatable bonds is 6. The molecule has 0 bridgehead atoms. The number of phenols is 1. The highest BCUT2D eigenvalue weighted by Crippen LogP contribution is 2.54. The van der Waals surface area contributed by atoms with E-state index in [9.17, 15) is 43.2 Å². The highest BCUT2D eigenvalue weighted by molar-refractivity contribution is 7.92. The Morgan fingerprint density at radius 2 is 1.65 bits per heavy atom. The summed E-state index contributed by atoms with van der Waals surface area (Å²) in [4.78, 5) is 40.4. The third-order valence-electron chi connectivity index (χ3n) is 9.06. The van der Waals surface area contributed by atoms with Gasteiger partial charge in [-0.05, 0) is 65.8 Å². The average molecular weight is 646 g/mol. The number of benzene rings is 3. The Morgan fingerprint density at radius 1 is 1.00 bits per heavy atom. The van der Waals surface area contributed by atoms with Crippen molar-refractivity contribution >= 4 is 44.6 Å². The molecule has 3 aliphatic carbocycles. The summed E-state index contributed by atoms with van der Waals surface area (Å²) in [6, 6.07) is 16.2. The smallest absolute Gasteiger partial charge is 0.262 e. The molecule has 6 rings (SSSR count). The van der Waals surface area contributed by atoms with Gasteiger partial charge in [0.05, 0.1) is 16.1 Å². The molecule has 0 unspecified atom stereocenters. The highest BCUT2D eigenvalue weighted by Gasteiger charge is 2.60. The maximum Gasteiger partial charge on any atom is 0.262 e. The number of aromatic hydroxyl groups is 1. The van der Waals surface area contributed by atoms with Crippen molar-refractivity contribution in [3.05, 3.63) is 88.7 Å². The number of anilines is 2. The van der Waals surface area contributed by atoms with E-state index in [2.05, 4.69) is 4.72 Å². The van der Waals surface area contributed by atoms with Crippen LogP contribution in [0.5, 0.6) is 5.75 Å². The number of phenolic OH excluding ortho intramolecular Hbond substituents is 1. The molecule has 3 atom stereocenters. The number of sulfonamides is 1. The van der Waals surface area contributed by atoms with E-state index in [1.165, 1.54) is 30.3 Å². The predicted molar refractivity (Wildman–Crippen MR) is 168 cm³/mol. The molecule has 1 fully saturated rings. The number of aliphatic hydroxyl groups excluding tert-OH is 2. The molecule has 12 nitrogen and oxygen atoms in total. The first-order valence-corrected chi connectivity index (χ1v) is 15.9. The second-order valence-electron chi connectivity index (χ2n) is 11.9. The van der Waals surface area contributed by atoms with Gasteiger partial charge in [0, 0.05) is 37.7 Å². The van der Waals surface area contributed by atoms with E-state index in [4.69, 9.17) is 5.73 Å². The van der Waals surface area contributed by atoms with Crippen LogP contribution in [0.2, 0.25) is 0 Å². The van der Waals surface area contributed by atoms with Crippen LogP contribution < -0.4 is 15.4 Å². The van der Waals surface area contributed by atoms with Gasteiger partial charge in [-0.25, -0.2) is 8.42 Å². The quantitative estimate of drug-likeness (QED) is 0.171. The van der Waals surface area contributed by atoms with Crippen LogP contribution in [0.25, 0.3) is 16.9 Å². The zero-order valence-corrected chi connectivity index (χ0v) is 25.6. The number of fused-ring (bicyclic) bond motifs is 3. The van der Waals surface area contributed by atoms with Crippen LogP contribution in [-0.4, -0.2) is 66.0 Å². The topological polar surface area (TPSA) is 208 Å². The van der Waals surface area contributed by atoms with Crippen molar-refractivity contribution in [2.45, 2.75) is 29.8 Å². The molecule has 7 N–H and O–H groups in total. The Labute approximate surface area is 264 Å². The number of hydrogen-bond donors (Lipinski definition) is 6. The van der Waals surface area contributed by atoms with E-state index in [1.54, 1.807) is 18.2 Å². The van der Waals surface area contributed by atoms with Crippen LogP contribution in [0.15, 0.2) is 82.5 Å². The van der Waals surface area contributed by atoms with E-state index in [-0.39, 0.29) is 34.6 Å². The number of hydrogen-bond acceptors (Lipinski definition) is 10. The van der Waals surface area contributed by atoms with Crippen LogP contribution in [0, 0.1) is 11.8 Å². The van der Waals surface area contributed by atoms with Crippen molar-refractivity contribution in [1.29, 1.82) is 0 Å². The molecule has 0 aromatic heterocycles. The minimum absolute atomic E-state index is 0.0366. The van der Waals surface area contributed by atoms with Gasteiger partial charge in [0.25, 0.3) is 15.9 Å². The van der Waals surface area contributed by atoms with E-state index in [1.807, 2.05) is 31.1 Å². The molecule has 0 spiro atoms. The van der Waals surface area contributed by atoms with Crippen molar-refractivity contribution in [3.8, 4) is 16.9 Å². The summed E-state index contributed by atoms with van der Waals surface area (Å²) in [6.07, 6.45) is -0.421. The summed E-state index contributed by atoms with van der Waals surface area (Å²) < 4.78 is 29.0. The molecule has 13 heteroatoms. The van der Waals surface area contributed by atoms with Crippen molar-refractivity contribution < 1.29 is 43.2 Å². The Bertz CT molecular complexity index is 2000. The molecule has 3 aromatic carbocycles. The summed E-state index contributed by atoms with van der Waals surface area (Å²) in [7, 11) is -0.480. The number of nitrogens with two attached hydrogens (primary N) is 1. The van der Waals surface area contributed by atoms with Crippen molar-refractivity contribution in [1.82, 2.24) is 0 Å².